The molecule has 0 aromatic heterocycles. The monoisotopic (exact) mass is 364 g/mol. The molecule has 6 heteroatoms. The molecule has 5 nitrogen and oxygen atoms in total. The number of piperidine rings is 1. The van der Waals surface area contributed by atoms with Gasteiger partial charge >= 0.3 is 0 Å². The minimum atomic E-state index is -3.26. The smallest absolute Gasteiger partial charge is 0.253 e. The van der Waals surface area contributed by atoms with E-state index in [0.717, 1.165) is 58.2 Å². The fourth-order valence-corrected chi connectivity index (χ4v) is 5.92. The largest absolute Gasteiger partial charge is 0.338 e. The topological polar surface area (TPSA) is 66.5 Å². The summed E-state index contributed by atoms with van der Waals surface area (Å²) in [6.07, 6.45) is 5.65. The maximum Gasteiger partial charge on any atom is 0.253 e. The summed E-state index contributed by atoms with van der Waals surface area (Å²) in [6.45, 7) is 2.46. The maximum atomic E-state index is 12.7. The van der Waals surface area contributed by atoms with Crippen LogP contribution in [0.2, 0.25) is 0 Å². The van der Waals surface area contributed by atoms with E-state index < -0.39 is 9.84 Å². The van der Waals surface area contributed by atoms with Crippen molar-refractivity contribution in [2.45, 2.75) is 48.7 Å². The van der Waals surface area contributed by atoms with Crippen LogP contribution < -0.4 is 5.32 Å². The quantitative estimate of drug-likeness (QED) is 0.872. The lowest BCUT2D eigenvalue weighted by Crippen LogP contribution is -2.42. The second kappa shape index (κ2) is 7.87. The molecule has 0 radical (unpaired) electrons. The van der Waals surface area contributed by atoms with Crippen LogP contribution in [0, 0.1) is 5.92 Å². The zero-order valence-corrected chi connectivity index (χ0v) is 15.7. The van der Waals surface area contributed by atoms with Crippen LogP contribution in [0.25, 0.3) is 0 Å². The average Bonchev–Trinajstić information content (AvgIpc) is 3.17. The Labute approximate surface area is 150 Å². The standard InChI is InChI=1S/C19H28N2O3S/c1-20-13-15-5-4-12-21(14-15)19(22)16-8-10-18(11-9-16)25(23,24)17-6-2-3-7-17/h8-11,15,17,20H,2-7,12-14H2,1H3. The summed E-state index contributed by atoms with van der Waals surface area (Å²) >= 11 is 0. The first-order valence-corrected chi connectivity index (χ1v) is 10.8. The number of benzene rings is 1. The molecule has 0 bridgehead atoms. The van der Waals surface area contributed by atoms with Crippen LogP contribution in [0.1, 0.15) is 48.9 Å². The van der Waals surface area contributed by atoms with Crippen molar-refractivity contribution in [1.82, 2.24) is 10.2 Å². The number of rotatable bonds is 5. The van der Waals surface area contributed by atoms with E-state index in [1.165, 1.54) is 0 Å². The summed E-state index contributed by atoms with van der Waals surface area (Å²) in [6, 6.07) is 6.56. The van der Waals surface area contributed by atoms with E-state index >= 15 is 0 Å². The molecule has 1 aromatic carbocycles. The Morgan fingerprint density at radius 3 is 2.44 bits per heavy atom. The molecule has 2 aliphatic rings. The molecular formula is C19H28N2O3S. The van der Waals surface area contributed by atoms with Gasteiger partial charge in [0.2, 0.25) is 0 Å². The number of amides is 1. The van der Waals surface area contributed by atoms with Crippen molar-refractivity contribution in [1.29, 1.82) is 0 Å². The number of carbonyl (C=O) groups is 1. The second-order valence-corrected chi connectivity index (χ2v) is 9.52. The van der Waals surface area contributed by atoms with Gasteiger partial charge in [0.05, 0.1) is 10.1 Å². The Balaban J connectivity index is 1.70. The van der Waals surface area contributed by atoms with Crippen LogP contribution in [-0.2, 0) is 9.84 Å². The van der Waals surface area contributed by atoms with Gasteiger partial charge in [-0.3, -0.25) is 4.79 Å². The first-order valence-electron chi connectivity index (χ1n) is 9.30. The lowest BCUT2D eigenvalue weighted by Gasteiger charge is -2.32. The second-order valence-electron chi connectivity index (χ2n) is 7.29. The molecule has 1 N–H and O–H groups in total. The van der Waals surface area contributed by atoms with Gasteiger partial charge in [-0.2, -0.15) is 0 Å². The summed E-state index contributed by atoms with van der Waals surface area (Å²) in [5.74, 6) is 0.496. The molecule has 1 atom stereocenters. The number of likely N-dealkylation sites (tertiary alicyclic amines) is 1. The van der Waals surface area contributed by atoms with E-state index in [1.54, 1.807) is 24.3 Å². The molecule has 25 heavy (non-hydrogen) atoms. The summed E-state index contributed by atoms with van der Waals surface area (Å²) in [5, 5.41) is 2.93. The molecule has 3 rings (SSSR count). The van der Waals surface area contributed by atoms with Crippen molar-refractivity contribution < 1.29 is 13.2 Å². The number of hydrogen-bond acceptors (Lipinski definition) is 4. The van der Waals surface area contributed by atoms with E-state index in [1.807, 2.05) is 11.9 Å². The average molecular weight is 365 g/mol. The van der Waals surface area contributed by atoms with Crippen molar-refractivity contribution in [3.05, 3.63) is 29.8 Å². The highest BCUT2D eigenvalue weighted by Crippen LogP contribution is 2.29. The number of sulfone groups is 1. The Bertz CT molecular complexity index is 692. The molecule has 1 aliphatic carbocycles. The van der Waals surface area contributed by atoms with Crippen molar-refractivity contribution in [2.24, 2.45) is 5.92 Å². The van der Waals surface area contributed by atoms with Crippen molar-refractivity contribution >= 4 is 15.7 Å². The molecule has 1 aromatic rings. The van der Waals surface area contributed by atoms with Crippen molar-refractivity contribution in [3.63, 3.8) is 0 Å². The van der Waals surface area contributed by atoms with Gasteiger partial charge in [-0.05, 0) is 69.5 Å². The number of carbonyl (C=O) groups excluding carboxylic acids is 1. The zero-order valence-electron chi connectivity index (χ0n) is 14.9. The third kappa shape index (κ3) is 4.06. The van der Waals surface area contributed by atoms with E-state index in [-0.39, 0.29) is 11.2 Å². The first kappa shape index (κ1) is 18.4. The molecule has 1 heterocycles. The normalized spacial score (nSPS) is 22.3. The molecule has 1 unspecified atom stereocenters. The van der Waals surface area contributed by atoms with E-state index in [4.69, 9.17) is 0 Å². The van der Waals surface area contributed by atoms with E-state index in [0.29, 0.717) is 16.4 Å². The van der Waals surface area contributed by atoms with Gasteiger partial charge in [-0.25, -0.2) is 8.42 Å². The number of nitrogens with zero attached hydrogens (tertiary/aromatic N) is 1. The molecule has 1 amide bonds. The highest BCUT2D eigenvalue weighted by atomic mass is 32.2. The highest BCUT2D eigenvalue weighted by Gasteiger charge is 2.30. The summed E-state index contributed by atoms with van der Waals surface area (Å²) < 4.78 is 25.3. The predicted octanol–water partition coefficient (Wildman–Crippen LogP) is 2.47. The highest BCUT2D eigenvalue weighted by molar-refractivity contribution is 7.92. The van der Waals surface area contributed by atoms with Gasteiger partial charge in [0.25, 0.3) is 5.91 Å². The minimum absolute atomic E-state index is 0.00520. The molecule has 138 valence electrons. The summed E-state index contributed by atoms with van der Waals surface area (Å²) in [4.78, 5) is 15.0. The summed E-state index contributed by atoms with van der Waals surface area (Å²) in [7, 11) is -1.32. The fraction of sp³-hybridized carbons (Fsp3) is 0.632. The van der Waals surface area contributed by atoms with Gasteiger partial charge < -0.3 is 10.2 Å². The lowest BCUT2D eigenvalue weighted by molar-refractivity contribution is 0.0674. The first-order chi connectivity index (χ1) is 12.0. The van der Waals surface area contributed by atoms with Gasteiger partial charge in [0, 0.05) is 18.7 Å². The van der Waals surface area contributed by atoms with Crippen molar-refractivity contribution in [2.75, 3.05) is 26.7 Å². The molecule has 1 saturated carbocycles. The maximum absolute atomic E-state index is 12.7. The van der Waals surface area contributed by atoms with E-state index in [9.17, 15) is 13.2 Å². The predicted molar refractivity (Wildman–Crippen MR) is 98.4 cm³/mol. The Morgan fingerprint density at radius 2 is 1.80 bits per heavy atom. The van der Waals surface area contributed by atoms with Gasteiger partial charge in [0.1, 0.15) is 0 Å². The van der Waals surface area contributed by atoms with Gasteiger partial charge in [-0.1, -0.05) is 12.8 Å². The van der Waals surface area contributed by atoms with Crippen LogP contribution in [-0.4, -0.2) is 51.2 Å². The Morgan fingerprint density at radius 1 is 1.12 bits per heavy atom. The number of hydrogen-bond donors (Lipinski definition) is 1. The molecule has 1 saturated heterocycles. The fourth-order valence-electron chi connectivity index (χ4n) is 4.07. The van der Waals surface area contributed by atoms with Crippen molar-refractivity contribution in [3.8, 4) is 0 Å². The third-order valence-electron chi connectivity index (χ3n) is 5.47. The van der Waals surface area contributed by atoms with E-state index in [2.05, 4.69) is 5.32 Å². The molecule has 2 fully saturated rings. The molecule has 1 aliphatic heterocycles. The van der Waals surface area contributed by atoms with Crippen LogP contribution in [0.15, 0.2) is 29.2 Å². The third-order valence-corrected chi connectivity index (χ3v) is 7.75. The number of nitrogens with one attached hydrogen (secondary N) is 1. The van der Waals surface area contributed by atoms with Crippen LogP contribution >= 0.6 is 0 Å². The van der Waals surface area contributed by atoms with Crippen LogP contribution in [0.5, 0.6) is 0 Å². The Kier molecular flexibility index (Phi) is 5.79. The molecular weight excluding hydrogens is 336 g/mol. The molecule has 0 spiro atoms. The Hall–Kier alpha value is -1.40. The zero-order chi connectivity index (χ0) is 17.9. The van der Waals surface area contributed by atoms with Crippen LogP contribution in [0.3, 0.4) is 0 Å². The van der Waals surface area contributed by atoms with Gasteiger partial charge in [0.15, 0.2) is 9.84 Å². The SMILES string of the molecule is CNCC1CCCN(C(=O)c2ccc(S(=O)(=O)C3CCCC3)cc2)C1. The van der Waals surface area contributed by atoms with Gasteiger partial charge in [-0.15, -0.1) is 0 Å². The van der Waals surface area contributed by atoms with Crippen LogP contribution in [0.4, 0.5) is 0 Å². The minimum Gasteiger partial charge on any atom is -0.338 e. The summed E-state index contributed by atoms with van der Waals surface area (Å²) in [5.41, 5.74) is 0.579. The lowest BCUT2D eigenvalue weighted by atomic mass is 9.97.